The highest BCUT2D eigenvalue weighted by molar-refractivity contribution is 5.70. The molecule has 0 radical (unpaired) electrons. The summed E-state index contributed by atoms with van der Waals surface area (Å²) in [5.41, 5.74) is -0.0488. The van der Waals surface area contributed by atoms with Gasteiger partial charge in [-0.2, -0.15) is 0 Å². The Kier molecular flexibility index (Phi) is 40.0. The summed E-state index contributed by atoms with van der Waals surface area (Å²) in [6.07, 6.45) is 11.6. The summed E-state index contributed by atoms with van der Waals surface area (Å²) in [4.78, 5) is 70.1. The van der Waals surface area contributed by atoms with Gasteiger partial charge in [-0.05, 0) is 107 Å². The maximum Gasteiger partial charge on any atom is 0.407 e. The molecule has 5 N–H and O–H groups in total. The minimum Gasteiger partial charge on any atom is -0.463 e. The number of carbonyl (C=O) groups is 6. The van der Waals surface area contributed by atoms with E-state index in [9.17, 15) is 28.8 Å². The van der Waals surface area contributed by atoms with Crippen LogP contribution < -0.4 is 21.3 Å². The van der Waals surface area contributed by atoms with Crippen molar-refractivity contribution in [2.75, 3.05) is 67.0 Å². The number of ether oxygens (including phenoxy) is 8. The molecule has 0 saturated heterocycles. The van der Waals surface area contributed by atoms with Crippen molar-refractivity contribution < 1.29 is 71.8 Å². The van der Waals surface area contributed by atoms with Gasteiger partial charge in [0.1, 0.15) is 32.0 Å². The number of aliphatic hydroxyl groups excluding tert-OH is 1. The molecule has 1 aliphatic carbocycles. The lowest BCUT2D eigenvalue weighted by molar-refractivity contribution is -0.148. The zero-order valence-electron chi connectivity index (χ0n) is 48.1. The van der Waals surface area contributed by atoms with Crippen molar-refractivity contribution in [3.8, 4) is 0 Å². The maximum absolute atomic E-state index is 12.1. The van der Waals surface area contributed by atoms with E-state index in [0.29, 0.717) is 45.8 Å². The number of amides is 4. The van der Waals surface area contributed by atoms with E-state index in [0.717, 1.165) is 89.9 Å². The highest BCUT2D eigenvalue weighted by Crippen LogP contribution is 2.45. The van der Waals surface area contributed by atoms with Crippen molar-refractivity contribution in [3.63, 3.8) is 0 Å². The lowest BCUT2D eigenvalue weighted by Crippen LogP contribution is -2.50. The first kappa shape index (κ1) is 71.0. The molecule has 0 spiro atoms. The summed E-state index contributed by atoms with van der Waals surface area (Å²) in [7, 11) is 3.13. The monoisotopic (exact) mass is 1050 g/mol. The number of aliphatic hydroxyl groups is 1. The Hall–Kier alpha value is -4.10. The molecule has 4 amide bonds. The van der Waals surface area contributed by atoms with Crippen LogP contribution in [0.5, 0.6) is 0 Å². The zero-order chi connectivity index (χ0) is 55.9. The van der Waals surface area contributed by atoms with E-state index in [1.54, 1.807) is 14.2 Å². The van der Waals surface area contributed by atoms with E-state index < -0.39 is 12.2 Å². The fourth-order valence-electron chi connectivity index (χ4n) is 8.23. The van der Waals surface area contributed by atoms with Crippen LogP contribution >= 0.6 is 0 Å². The molecule has 7 atom stereocenters. The molecular formula is C54H104N4O15. The fourth-order valence-corrected chi connectivity index (χ4v) is 8.23. The van der Waals surface area contributed by atoms with E-state index in [1.807, 2.05) is 48.5 Å². The normalized spacial score (nSPS) is 17.9. The average molecular weight is 1050 g/mol. The van der Waals surface area contributed by atoms with Gasteiger partial charge in [-0.1, -0.05) is 94.9 Å². The van der Waals surface area contributed by atoms with Crippen LogP contribution in [0.15, 0.2) is 0 Å². The first-order valence-electron chi connectivity index (χ1n) is 27.0. The minimum atomic E-state index is -0.528. The molecule has 1 aliphatic rings. The summed E-state index contributed by atoms with van der Waals surface area (Å²) in [6.45, 7) is 28.6. The van der Waals surface area contributed by atoms with Crippen LogP contribution in [0.1, 0.15) is 193 Å². The number of rotatable bonds is 32. The molecular weight excluding hydrogens is 945 g/mol. The Labute approximate surface area is 440 Å². The Balaban J connectivity index is 0. The molecule has 19 nitrogen and oxygen atoms in total. The highest BCUT2D eigenvalue weighted by Gasteiger charge is 2.42. The van der Waals surface area contributed by atoms with Crippen LogP contribution in [-0.2, 0) is 47.5 Å². The second kappa shape index (κ2) is 41.2. The van der Waals surface area contributed by atoms with Crippen LogP contribution in [-0.4, -0.2) is 139 Å². The van der Waals surface area contributed by atoms with Gasteiger partial charge in [-0.15, -0.1) is 0 Å². The number of carbonyl (C=O) groups excluding carboxylic acids is 6. The lowest BCUT2D eigenvalue weighted by atomic mass is 9.62. The summed E-state index contributed by atoms with van der Waals surface area (Å²) in [6, 6.07) is -0.0200. The van der Waals surface area contributed by atoms with Gasteiger partial charge >= 0.3 is 36.3 Å². The number of hydrogen-bond acceptors (Lipinski definition) is 15. The smallest absolute Gasteiger partial charge is 0.407 e. The third-order valence-electron chi connectivity index (χ3n) is 12.0. The third kappa shape index (κ3) is 42.9. The van der Waals surface area contributed by atoms with Gasteiger partial charge < -0.3 is 64.3 Å². The van der Waals surface area contributed by atoms with E-state index in [-0.39, 0.29) is 96.5 Å². The van der Waals surface area contributed by atoms with Gasteiger partial charge in [-0.3, -0.25) is 9.59 Å². The molecule has 19 heteroatoms. The molecule has 430 valence electrons. The first-order chi connectivity index (χ1) is 34.3. The summed E-state index contributed by atoms with van der Waals surface area (Å²) >= 11 is 0. The van der Waals surface area contributed by atoms with Gasteiger partial charge in [0.05, 0.1) is 25.9 Å². The van der Waals surface area contributed by atoms with Gasteiger partial charge in [0.25, 0.3) is 0 Å². The molecule has 0 aliphatic heterocycles. The number of unbranched alkanes of at least 4 members (excludes halogenated alkanes) is 5. The van der Waals surface area contributed by atoms with E-state index in [2.05, 4.69) is 62.8 Å². The summed E-state index contributed by atoms with van der Waals surface area (Å²) in [5, 5.41) is 20.2. The predicted molar refractivity (Wildman–Crippen MR) is 283 cm³/mol. The highest BCUT2D eigenvalue weighted by atomic mass is 16.6. The van der Waals surface area contributed by atoms with Gasteiger partial charge in [0.2, 0.25) is 0 Å². The Bertz CT molecular complexity index is 1500. The molecule has 73 heavy (non-hydrogen) atoms. The topological polar surface area (TPSA) is 245 Å². The Morgan fingerprint density at radius 1 is 0.616 bits per heavy atom. The van der Waals surface area contributed by atoms with Crippen molar-refractivity contribution >= 4 is 36.3 Å². The van der Waals surface area contributed by atoms with Crippen LogP contribution in [0.3, 0.4) is 0 Å². The molecule has 1 saturated carbocycles. The molecule has 7 unspecified atom stereocenters. The fraction of sp³-hybridized carbons (Fsp3) is 0.889. The quantitative estimate of drug-likeness (QED) is 0.0239. The van der Waals surface area contributed by atoms with Gasteiger partial charge in [0.15, 0.2) is 0 Å². The van der Waals surface area contributed by atoms with Crippen LogP contribution in [0.2, 0.25) is 0 Å². The number of nitrogens with one attached hydrogen (secondary N) is 4. The van der Waals surface area contributed by atoms with Crippen LogP contribution in [0.25, 0.3) is 0 Å². The van der Waals surface area contributed by atoms with Crippen LogP contribution in [0, 0.1) is 22.2 Å². The van der Waals surface area contributed by atoms with E-state index in [1.165, 1.54) is 0 Å². The van der Waals surface area contributed by atoms with E-state index >= 15 is 0 Å². The minimum absolute atomic E-state index is 0.000526. The molecule has 0 aromatic rings. The number of esters is 2. The van der Waals surface area contributed by atoms with Crippen molar-refractivity contribution in [1.82, 2.24) is 21.3 Å². The number of alkyl carbamates (subject to hydrolysis) is 4. The third-order valence-corrected chi connectivity index (χ3v) is 12.0. The maximum atomic E-state index is 12.1. The number of hydrogen-bond donors (Lipinski definition) is 5. The van der Waals surface area contributed by atoms with Crippen molar-refractivity contribution in [3.05, 3.63) is 0 Å². The van der Waals surface area contributed by atoms with Gasteiger partial charge in [0, 0.05) is 52.2 Å². The molecule has 1 rings (SSSR count). The average Bonchev–Trinajstić information content (AvgIpc) is 3.29. The largest absolute Gasteiger partial charge is 0.463 e. The number of methoxy groups -OCH3 is 2. The van der Waals surface area contributed by atoms with Crippen LogP contribution in [0.4, 0.5) is 19.2 Å². The van der Waals surface area contributed by atoms with Gasteiger partial charge in [-0.25, -0.2) is 19.2 Å². The molecule has 0 bridgehead atoms. The second-order valence-corrected chi connectivity index (χ2v) is 21.9. The molecule has 0 heterocycles. The second-order valence-electron chi connectivity index (χ2n) is 21.9. The lowest BCUT2D eigenvalue weighted by Gasteiger charge is -2.46. The molecule has 1 fully saturated rings. The first-order valence-corrected chi connectivity index (χ1v) is 27.0. The Morgan fingerprint density at radius 3 is 1.64 bits per heavy atom. The SMILES string of the molecule is CCC(C)OC(=O)CCCCCCCCC(=O)OCCOC.CCC(C)OC(=O)NC(CC(C)CNC(=O)OCCOC)CC(C)(C)C.CCC(C)OC(=O)NC1CC(C)(C)CC(C)(CNC(=O)OCCO)C1. The van der Waals surface area contributed by atoms with E-state index in [4.69, 9.17) is 43.0 Å². The van der Waals surface area contributed by atoms with Crippen molar-refractivity contribution in [2.24, 2.45) is 22.2 Å². The molecule has 0 aromatic carbocycles. The summed E-state index contributed by atoms with van der Waals surface area (Å²) in [5.74, 6) is -0.0563. The van der Waals surface area contributed by atoms with Crippen molar-refractivity contribution in [1.29, 1.82) is 0 Å². The van der Waals surface area contributed by atoms with Crippen molar-refractivity contribution in [2.45, 2.75) is 223 Å². The zero-order valence-corrected chi connectivity index (χ0v) is 48.1. The predicted octanol–water partition coefficient (Wildman–Crippen LogP) is 10.2. The summed E-state index contributed by atoms with van der Waals surface area (Å²) < 4.78 is 40.3. The standard InChI is InChI=1S/C19H38N2O5.C18H34N2O5.C17H32O5/c1-8-15(3)26-18(23)21-16(12-19(4,5)6)11-14(2)13-20-17(22)25-10-9-24-7;1-6-13(2)25-16(23)20-14-9-17(3,4)11-18(5,10-14)12-19-15(22)24-8-7-21;1-4-15(2)22-17(19)12-10-8-6-5-7-9-11-16(18)21-14-13-20-3/h14-16H,8-13H2,1-7H3,(H,20,22)(H,21,23);13-14,21H,6-12H2,1-5H3,(H,19,22)(H,20,23);15H,4-14H2,1-3H3. The Morgan fingerprint density at radius 2 is 1.11 bits per heavy atom. The molecule has 0 aromatic heterocycles.